The van der Waals surface area contributed by atoms with Crippen molar-refractivity contribution in [3.63, 3.8) is 0 Å². The zero-order chi connectivity index (χ0) is 22.7. The van der Waals surface area contributed by atoms with Gasteiger partial charge in [0.05, 0.1) is 12.5 Å². The Kier molecular flexibility index (Phi) is 6.39. The molecule has 4 rings (SSSR count). The van der Waals surface area contributed by atoms with Gasteiger partial charge in [-0.1, -0.05) is 12.1 Å². The SMILES string of the molecule is CCOc1ccc(N2CC(C(=O)OC(C(=O)NC3CC3)c3ccc(F)cc3)CC2=O)cc1. The normalized spacial score (nSPS) is 18.9. The lowest BCUT2D eigenvalue weighted by molar-refractivity contribution is -0.160. The molecule has 2 aromatic rings. The van der Waals surface area contributed by atoms with Crippen molar-refractivity contribution in [2.75, 3.05) is 18.1 Å². The zero-order valence-corrected chi connectivity index (χ0v) is 17.8. The molecule has 0 bridgehead atoms. The minimum atomic E-state index is -1.20. The fraction of sp³-hybridized carbons (Fsp3) is 0.375. The highest BCUT2D eigenvalue weighted by Crippen LogP contribution is 2.30. The molecular weight excluding hydrogens is 415 g/mol. The van der Waals surface area contributed by atoms with Crippen molar-refractivity contribution in [2.45, 2.75) is 38.3 Å². The number of amides is 2. The van der Waals surface area contributed by atoms with E-state index < -0.39 is 29.7 Å². The van der Waals surface area contributed by atoms with Crippen molar-refractivity contribution in [3.05, 3.63) is 59.9 Å². The highest BCUT2D eigenvalue weighted by atomic mass is 19.1. The van der Waals surface area contributed by atoms with Crippen LogP contribution in [0, 0.1) is 11.7 Å². The van der Waals surface area contributed by atoms with Gasteiger partial charge in [0, 0.05) is 30.3 Å². The van der Waals surface area contributed by atoms with Crippen molar-refractivity contribution >= 4 is 23.5 Å². The van der Waals surface area contributed by atoms with Crippen LogP contribution in [0.5, 0.6) is 5.75 Å². The van der Waals surface area contributed by atoms with Crippen LogP contribution in [0.1, 0.15) is 37.9 Å². The molecule has 2 unspecified atom stereocenters. The number of rotatable bonds is 8. The molecule has 32 heavy (non-hydrogen) atoms. The number of nitrogens with one attached hydrogen (secondary N) is 1. The number of hydrogen-bond acceptors (Lipinski definition) is 5. The predicted octanol–water partition coefficient (Wildman–Crippen LogP) is 3.14. The predicted molar refractivity (Wildman–Crippen MR) is 114 cm³/mol. The fourth-order valence-electron chi connectivity index (χ4n) is 3.63. The molecule has 0 radical (unpaired) electrons. The summed E-state index contributed by atoms with van der Waals surface area (Å²) in [5.41, 5.74) is 1.04. The summed E-state index contributed by atoms with van der Waals surface area (Å²) in [4.78, 5) is 39.7. The summed E-state index contributed by atoms with van der Waals surface area (Å²) in [7, 11) is 0. The molecule has 1 saturated heterocycles. The summed E-state index contributed by atoms with van der Waals surface area (Å²) in [6.45, 7) is 2.59. The number of esters is 1. The molecule has 2 atom stereocenters. The van der Waals surface area contributed by atoms with Gasteiger partial charge in [0.15, 0.2) is 0 Å². The van der Waals surface area contributed by atoms with Crippen molar-refractivity contribution in [1.29, 1.82) is 0 Å². The number of carbonyl (C=O) groups excluding carboxylic acids is 3. The zero-order valence-electron chi connectivity index (χ0n) is 17.8. The van der Waals surface area contributed by atoms with Crippen LogP contribution in [-0.4, -0.2) is 37.0 Å². The molecule has 2 fully saturated rings. The lowest BCUT2D eigenvalue weighted by Crippen LogP contribution is -2.35. The van der Waals surface area contributed by atoms with Crippen molar-refractivity contribution < 1.29 is 28.2 Å². The number of nitrogens with zero attached hydrogens (tertiary/aromatic N) is 1. The van der Waals surface area contributed by atoms with Gasteiger partial charge < -0.3 is 19.7 Å². The summed E-state index contributed by atoms with van der Waals surface area (Å²) < 4.78 is 24.3. The van der Waals surface area contributed by atoms with E-state index in [0.29, 0.717) is 23.6 Å². The smallest absolute Gasteiger partial charge is 0.312 e. The molecule has 0 aromatic heterocycles. The average molecular weight is 440 g/mol. The molecule has 7 nitrogen and oxygen atoms in total. The van der Waals surface area contributed by atoms with E-state index in [2.05, 4.69) is 5.32 Å². The van der Waals surface area contributed by atoms with Crippen LogP contribution in [0.2, 0.25) is 0 Å². The topological polar surface area (TPSA) is 84.9 Å². The van der Waals surface area contributed by atoms with Crippen LogP contribution in [0.15, 0.2) is 48.5 Å². The number of halogens is 1. The van der Waals surface area contributed by atoms with E-state index >= 15 is 0 Å². The molecule has 2 aromatic carbocycles. The first-order valence-corrected chi connectivity index (χ1v) is 10.7. The second-order valence-electron chi connectivity index (χ2n) is 7.98. The van der Waals surface area contributed by atoms with Crippen LogP contribution in [-0.2, 0) is 19.1 Å². The van der Waals surface area contributed by atoms with Gasteiger partial charge in [-0.2, -0.15) is 0 Å². The molecule has 0 spiro atoms. The number of hydrogen-bond donors (Lipinski definition) is 1. The quantitative estimate of drug-likeness (QED) is 0.638. The first kappa shape index (κ1) is 21.8. The van der Waals surface area contributed by atoms with Gasteiger partial charge >= 0.3 is 5.97 Å². The number of carbonyl (C=O) groups is 3. The third kappa shape index (κ3) is 5.07. The molecule has 8 heteroatoms. The highest BCUT2D eigenvalue weighted by molar-refractivity contribution is 5.99. The summed E-state index contributed by atoms with van der Waals surface area (Å²) in [5, 5.41) is 2.82. The van der Waals surface area contributed by atoms with E-state index in [4.69, 9.17) is 9.47 Å². The Balaban J connectivity index is 1.45. The third-order valence-electron chi connectivity index (χ3n) is 5.49. The monoisotopic (exact) mass is 440 g/mol. The molecule has 2 aliphatic rings. The van der Waals surface area contributed by atoms with Gasteiger partial charge in [0.2, 0.25) is 12.0 Å². The Morgan fingerprint density at radius 1 is 1.12 bits per heavy atom. The first-order chi connectivity index (χ1) is 15.4. The number of ether oxygens (including phenoxy) is 2. The van der Waals surface area contributed by atoms with Gasteiger partial charge in [0.1, 0.15) is 11.6 Å². The van der Waals surface area contributed by atoms with Gasteiger partial charge in [-0.05, 0) is 56.2 Å². The Labute approximate surface area is 185 Å². The van der Waals surface area contributed by atoms with E-state index in [1.54, 1.807) is 24.3 Å². The van der Waals surface area contributed by atoms with Gasteiger partial charge in [0.25, 0.3) is 5.91 Å². The standard InChI is InChI=1S/C24H25FN2O5/c1-2-31-20-11-9-19(10-12-20)27-14-16(13-21(27)28)24(30)32-22(23(29)26-18-7-8-18)15-3-5-17(25)6-4-15/h3-6,9-12,16,18,22H,2,7-8,13-14H2,1H3,(H,26,29). The van der Waals surface area contributed by atoms with Gasteiger partial charge in [-0.3, -0.25) is 14.4 Å². The maximum absolute atomic E-state index is 13.3. The maximum atomic E-state index is 13.3. The van der Waals surface area contributed by atoms with E-state index in [1.807, 2.05) is 6.92 Å². The number of anilines is 1. The lowest BCUT2D eigenvalue weighted by Gasteiger charge is -2.20. The van der Waals surface area contributed by atoms with Gasteiger partial charge in [-0.25, -0.2) is 4.39 Å². The fourth-order valence-corrected chi connectivity index (χ4v) is 3.63. The second kappa shape index (κ2) is 9.38. The van der Waals surface area contributed by atoms with E-state index in [9.17, 15) is 18.8 Å². The molecule has 1 heterocycles. The Morgan fingerprint density at radius 3 is 2.44 bits per heavy atom. The molecule has 1 aliphatic carbocycles. The van der Waals surface area contributed by atoms with E-state index in [1.165, 1.54) is 29.2 Å². The largest absolute Gasteiger partial charge is 0.494 e. The van der Waals surface area contributed by atoms with Crippen LogP contribution < -0.4 is 15.0 Å². The van der Waals surface area contributed by atoms with Crippen LogP contribution >= 0.6 is 0 Å². The Hall–Kier alpha value is -3.42. The van der Waals surface area contributed by atoms with Crippen molar-refractivity contribution in [3.8, 4) is 5.75 Å². The van der Waals surface area contributed by atoms with Crippen LogP contribution in [0.3, 0.4) is 0 Å². The summed E-state index contributed by atoms with van der Waals surface area (Å²) in [6.07, 6.45) is 0.554. The number of benzene rings is 2. The molecule has 168 valence electrons. The van der Waals surface area contributed by atoms with E-state index in [0.717, 1.165) is 12.8 Å². The van der Waals surface area contributed by atoms with Gasteiger partial charge in [-0.15, -0.1) is 0 Å². The minimum Gasteiger partial charge on any atom is -0.494 e. The van der Waals surface area contributed by atoms with E-state index in [-0.39, 0.29) is 24.9 Å². The first-order valence-electron chi connectivity index (χ1n) is 10.7. The average Bonchev–Trinajstić information content (AvgIpc) is 3.51. The van der Waals surface area contributed by atoms with Crippen LogP contribution in [0.25, 0.3) is 0 Å². The molecule has 1 saturated carbocycles. The van der Waals surface area contributed by atoms with Crippen molar-refractivity contribution in [2.24, 2.45) is 5.92 Å². The molecule has 1 N–H and O–H groups in total. The lowest BCUT2D eigenvalue weighted by atomic mass is 10.1. The van der Waals surface area contributed by atoms with Crippen LogP contribution in [0.4, 0.5) is 10.1 Å². The third-order valence-corrected chi connectivity index (χ3v) is 5.49. The molecular formula is C24H25FN2O5. The highest BCUT2D eigenvalue weighted by Gasteiger charge is 2.39. The maximum Gasteiger partial charge on any atom is 0.312 e. The minimum absolute atomic E-state index is 0.00751. The summed E-state index contributed by atoms with van der Waals surface area (Å²) >= 11 is 0. The Morgan fingerprint density at radius 2 is 1.81 bits per heavy atom. The Bertz CT molecular complexity index is 988. The van der Waals surface area contributed by atoms with Crippen molar-refractivity contribution in [1.82, 2.24) is 5.32 Å². The molecule has 1 aliphatic heterocycles. The summed E-state index contributed by atoms with van der Waals surface area (Å²) in [5.74, 6) is -1.73. The summed E-state index contributed by atoms with van der Waals surface area (Å²) in [6, 6.07) is 12.4. The second-order valence-corrected chi connectivity index (χ2v) is 7.98. The molecule has 2 amide bonds.